The molecule has 5 heteroatoms. The van der Waals surface area contributed by atoms with Gasteiger partial charge >= 0.3 is 0 Å². The van der Waals surface area contributed by atoms with Gasteiger partial charge in [-0.3, -0.25) is 9.59 Å². The van der Waals surface area contributed by atoms with Gasteiger partial charge in [0, 0.05) is 43.6 Å². The van der Waals surface area contributed by atoms with E-state index in [-0.39, 0.29) is 29.0 Å². The predicted molar refractivity (Wildman–Crippen MR) is 65.0 cm³/mol. The van der Waals surface area contributed by atoms with E-state index in [1.165, 1.54) is 18.5 Å². The van der Waals surface area contributed by atoms with E-state index >= 15 is 0 Å². The molecule has 2 unspecified atom stereocenters. The zero-order chi connectivity index (χ0) is 12.4. The van der Waals surface area contributed by atoms with Gasteiger partial charge < -0.3 is 15.2 Å². The van der Waals surface area contributed by atoms with Crippen LogP contribution >= 0.6 is 0 Å². The molecule has 2 atom stereocenters. The van der Waals surface area contributed by atoms with Crippen LogP contribution in [0.25, 0.3) is 0 Å². The molecule has 17 heavy (non-hydrogen) atoms. The highest BCUT2D eigenvalue weighted by atomic mass is 16.2. The topological polar surface area (TPSA) is 65.2 Å². The Labute approximate surface area is 99.8 Å². The molecule has 1 aliphatic heterocycles. The Bertz CT molecular complexity index is 469. The van der Waals surface area contributed by atoms with Crippen LogP contribution in [0.5, 0.6) is 0 Å². The Morgan fingerprint density at radius 3 is 2.94 bits per heavy atom. The van der Waals surface area contributed by atoms with Gasteiger partial charge in [-0.15, -0.1) is 0 Å². The van der Waals surface area contributed by atoms with Crippen molar-refractivity contribution in [3.05, 3.63) is 34.2 Å². The first kappa shape index (κ1) is 11.9. The third kappa shape index (κ3) is 2.39. The summed E-state index contributed by atoms with van der Waals surface area (Å²) in [6.45, 7) is 5.40. The van der Waals surface area contributed by atoms with Crippen LogP contribution in [0.15, 0.2) is 23.3 Å². The molecule has 2 heterocycles. The molecule has 1 amide bonds. The summed E-state index contributed by atoms with van der Waals surface area (Å²) in [7, 11) is 0. The zero-order valence-corrected chi connectivity index (χ0v) is 10.1. The summed E-state index contributed by atoms with van der Waals surface area (Å²) in [6, 6.07) is 1.75. The molecule has 5 nitrogen and oxygen atoms in total. The number of nitrogens with one attached hydrogen (secondary N) is 2. The molecule has 1 saturated heterocycles. The standard InChI is InChI=1S/C12H17N3O2/c1-8-7-15(9(2)5-14-8)12(17)10-6-13-4-3-11(10)16/h3-4,6,8-9,14H,5,7H2,1-2H3,(H,13,16). The maximum atomic E-state index is 12.3. The molecule has 2 rings (SSSR count). The van der Waals surface area contributed by atoms with Gasteiger partial charge in [0.1, 0.15) is 5.56 Å². The van der Waals surface area contributed by atoms with Gasteiger partial charge in [-0.1, -0.05) is 0 Å². The van der Waals surface area contributed by atoms with Crippen LogP contribution in [0.1, 0.15) is 24.2 Å². The van der Waals surface area contributed by atoms with E-state index < -0.39 is 0 Å². The lowest BCUT2D eigenvalue weighted by atomic mass is 10.1. The first-order chi connectivity index (χ1) is 8.09. The second-order valence-electron chi connectivity index (χ2n) is 4.54. The number of nitrogens with zero attached hydrogens (tertiary/aromatic N) is 1. The predicted octanol–water partition coefficient (Wildman–Crippen LogP) is 0.197. The fraction of sp³-hybridized carbons (Fsp3) is 0.500. The molecule has 0 saturated carbocycles. The Hall–Kier alpha value is -1.62. The fourth-order valence-electron chi connectivity index (χ4n) is 2.04. The van der Waals surface area contributed by atoms with Crippen molar-refractivity contribution in [1.82, 2.24) is 15.2 Å². The monoisotopic (exact) mass is 235 g/mol. The molecule has 0 radical (unpaired) electrons. The summed E-state index contributed by atoms with van der Waals surface area (Å²) >= 11 is 0. The number of aromatic amines is 1. The van der Waals surface area contributed by atoms with Gasteiger partial charge in [0.2, 0.25) is 0 Å². The van der Waals surface area contributed by atoms with Gasteiger partial charge in [0.15, 0.2) is 5.43 Å². The molecule has 1 aliphatic rings. The van der Waals surface area contributed by atoms with Crippen molar-refractivity contribution in [1.29, 1.82) is 0 Å². The summed E-state index contributed by atoms with van der Waals surface area (Å²) in [4.78, 5) is 28.4. The van der Waals surface area contributed by atoms with Crippen molar-refractivity contribution in [3.8, 4) is 0 Å². The smallest absolute Gasteiger partial charge is 0.259 e. The SMILES string of the molecule is CC1CN(C(=O)c2c[nH]ccc2=O)C(C)CN1. The number of hydrogen-bond donors (Lipinski definition) is 2. The van der Waals surface area contributed by atoms with Crippen molar-refractivity contribution in [2.24, 2.45) is 0 Å². The Kier molecular flexibility index (Phi) is 3.28. The molecule has 0 aromatic carbocycles. The highest BCUT2D eigenvalue weighted by molar-refractivity contribution is 5.94. The van der Waals surface area contributed by atoms with Crippen LogP contribution in [0.4, 0.5) is 0 Å². The molecule has 1 aromatic rings. The Morgan fingerprint density at radius 2 is 2.24 bits per heavy atom. The summed E-state index contributed by atoms with van der Waals surface area (Å²) in [6.07, 6.45) is 3.01. The number of carbonyl (C=O) groups excluding carboxylic acids is 1. The Morgan fingerprint density at radius 1 is 1.47 bits per heavy atom. The number of aromatic nitrogens is 1. The van der Waals surface area contributed by atoms with Crippen LogP contribution in [0.3, 0.4) is 0 Å². The number of hydrogen-bond acceptors (Lipinski definition) is 3. The molecule has 2 N–H and O–H groups in total. The summed E-state index contributed by atoms with van der Waals surface area (Å²) < 4.78 is 0. The van der Waals surface area contributed by atoms with E-state index in [0.717, 1.165) is 6.54 Å². The second-order valence-corrected chi connectivity index (χ2v) is 4.54. The highest BCUT2D eigenvalue weighted by Gasteiger charge is 2.28. The summed E-state index contributed by atoms with van der Waals surface area (Å²) in [5.41, 5.74) is -0.0133. The molecule has 1 fully saturated rings. The van der Waals surface area contributed by atoms with E-state index in [1.54, 1.807) is 4.90 Å². The molecule has 1 aromatic heterocycles. The van der Waals surface area contributed by atoms with E-state index in [2.05, 4.69) is 10.3 Å². The van der Waals surface area contributed by atoms with E-state index in [9.17, 15) is 9.59 Å². The lowest BCUT2D eigenvalue weighted by Crippen LogP contribution is -2.56. The van der Waals surface area contributed by atoms with Crippen LogP contribution < -0.4 is 10.7 Å². The number of pyridine rings is 1. The zero-order valence-electron chi connectivity index (χ0n) is 10.1. The molecule has 0 bridgehead atoms. The van der Waals surface area contributed by atoms with Crippen LogP contribution in [0, 0.1) is 0 Å². The highest BCUT2D eigenvalue weighted by Crippen LogP contribution is 2.09. The van der Waals surface area contributed by atoms with Crippen molar-refractivity contribution in [2.45, 2.75) is 25.9 Å². The van der Waals surface area contributed by atoms with Gasteiger partial charge in [-0.05, 0) is 13.8 Å². The quantitative estimate of drug-likeness (QED) is 0.730. The molecule has 0 spiro atoms. The normalized spacial score (nSPS) is 24.7. The number of carbonyl (C=O) groups is 1. The van der Waals surface area contributed by atoms with Crippen LogP contribution in [-0.4, -0.2) is 41.0 Å². The van der Waals surface area contributed by atoms with Gasteiger partial charge in [0.25, 0.3) is 5.91 Å². The second kappa shape index (κ2) is 4.71. The van der Waals surface area contributed by atoms with Crippen molar-refractivity contribution in [2.75, 3.05) is 13.1 Å². The third-order valence-electron chi connectivity index (χ3n) is 3.08. The Balaban J connectivity index is 2.25. The number of rotatable bonds is 1. The first-order valence-electron chi connectivity index (χ1n) is 5.81. The molecule has 92 valence electrons. The van der Waals surface area contributed by atoms with Crippen molar-refractivity contribution in [3.63, 3.8) is 0 Å². The van der Waals surface area contributed by atoms with Crippen molar-refractivity contribution >= 4 is 5.91 Å². The lowest BCUT2D eigenvalue weighted by molar-refractivity contribution is 0.0614. The minimum Gasteiger partial charge on any atom is -0.367 e. The van der Waals surface area contributed by atoms with Crippen molar-refractivity contribution < 1.29 is 4.79 Å². The van der Waals surface area contributed by atoms with Gasteiger partial charge in [-0.25, -0.2) is 0 Å². The van der Waals surface area contributed by atoms with Crippen LogP contribution in [0.2, 0.25) is 0 Å². The third-order valence-corrected chi connectivity index (χ3v) is 3.08. The lowest BCUT2D eigenvalue weighted by Gasteiger charge is -2.37. The van der Waals surface area contributed by atoms with Crippen LogP contribution in [-0.2, 0) is 0 Å². The largest absolute Gasteiger partial charge is 0.367 e. The number of amides is 1. The summed E-state index contributed by atoms with van der Waals surface area (Å²) in [5.74, 6) is -0.187. The maximum absolute atomic E-state index is 12.3. The molecule has 0 aliphatic carbocycles. The average Bonchev–Trinajstić information content (AvgIpc) is 2.32. The fourth-order valence-corrected chi connectivity index (χ4v) is 2.04. The molecular formula is C12H17N3O2. The van der Waals surface area contributed by atoms with E-state index in [0.29, 0.717) is 6.54 Å². The van der Waals surface area contributed by atoms with Gasteiger partial charge in [-0.2, -0.15) is 0 Å². The summed E-state index contributed by atoms with van der Waals surface area (Å²) in [5, 5.41) is 3.30. The molecular weight excluding hydrogens is 218 g/mol. The number of H-pyrrole nitrogens is 1. The number of piperazine rings is 1. The van der Waals surface area contributed by atoms with E-state index in [4.69, 9.17) is 0 Å². The minimum absolute atomic E-state index is 0.110. The minimum atomic E-state index is -0.230. The first-order valence-corrected chi connectivity index (χ1v) is 5.81. The van der Waals surface area contributed by atoms with E-state index in [1.807, 2.05) is 13.8 Å². The van der Waals surface area contributed by atoms with Gasteiger partial charge in [0.05, 0.1) is 0 Å². The maximum Gasteiger partial charge on any atom is 0.259 e. The average molecular weight is 235 g/mol.